The first-order chi connectivity index (χ1) is 8.93. The number of methoxy groups -OCH3 is 1. The number of nitrogens with one attached hydrogen (secondary N) is 1. The number of halogens is 3. The fourth-order valence-electron chi connectivity index (χ4n) is 2.11. The molecule has 0 bridgehead atoms. The number of ether oxygens (including phenoxy) is 1. The zero-order valence-corrected chi connectivity index (χ0v) is 11.2. The second-order valence-electron chi connectivity index (χ2n) is 4.24. The molecular weight excluding hydrogens is 279 g/mol. The molecule has 0 aromatic heterocycles. The van der Waals surface area contributed by atoms with Crippen molar-refractivity contribution in [2.45, 2.75) is 23.2 Å². The summed E-state index contributed by atoms with van der Waals surface area (Å²) >= 11 is 0. The van der Waals surface area contributed by atoms with Crippen molar-refractivity contribution in [1.82, 2.24) is 5.32 Å². The van der Waals surface area contributed by atoms with Gasteiger partial charge in [0.05, 0.1) is 12.0 Å². The Labute approximate surface area is 111 Å². The van der Waals surface area contributed by atoms with Gasteiger partial charge in [-0.3, -0.25) is 0 Å². The largest absolute Gasteiger partial charge is 0.495 e. The summed E-state index contributed by atoms with van der Waals surface area (Å²) in [5.41, 5.74) is -3.02. The zero-order chi connectivity index (χ0) is 14.0. The van der Waals surface area contributed by atoms with Crippen molar-refractivity contribution in [2.24, 2.45) is 0 Å². The molecule has 19 heavy (non-hydrogen) atoms. The summed E-state index contributed by atoms with van der Waals surface area (Å²) in [5.74, 6) is 0.0382. The molecule has 0 radical (unpaired) electrons. The van der Waals surface area contributed by atoms with Gasteiger partial charge in [-0.05, 0) is 49.2 Å². The van der Waals surface area contributed by atoms with Crippen molar-refractivity contribution in [3.63, 3.8) is 0 Å². The van der Waals surface area contributed by atoms with Gasteiger partial charge in [0, 0.05) is 0 Å². The van der Waals surface area contributed by atoms with Gasteiger partial charge < -0.3 is 10.1 Å². The van der Waals surface area contributed by atoms with Crippen LogP contribution in [0.3, 0.4) is 0 Å². The molecule has 0 saturated heterocycles. The molecule has 3 nitrogen and oxygen atoms in total. The van der Waals surface area contributed by atoms with Crippen LogP contribution in [0.2, 0.25) is 0 Å². The lowest BCUT2D eigenvalue weighted by molar-refractivity contribution is -0.0385. The lowest BCUT2D eigenvalue weighted by atomic mass is 10.0. The van der Waals surface area contributed by atoms with E-state index in [-0.39, 0.29) is 10.6 Å². The average Bonchev–Trinajstić information content (AvgIpc) is 2.59. The van der Waals surface area contributed by atoms with E-state index < -0.39 is 16.3 Å². The molecule has 1 aliphatic heterocycles. The first-order valence-electron chi connectivity index (χ1n) is 5.82. The molecule has 106 valence electrons. The van der Waals surface area contributed by atoms with Crippen LogP contribution in [-0.2, 0) is 23.6 Å². The van der Waals surface area contributed by atoms with Gasteiger partial charge in [-0.2, -0.15) is 13.2 Å². The van der Waals surface area contributed by atoms with Crippen LogP contribution in [0.4, 0.5) is 13.2 Å². The van der Waals surface area contributed by atoms with Crippen LogP contribution in [-0.4, -0.2) is 29.9 Å². The summed E-state index contributed by atoms with van der Waals surface area (Å²) in [6, 6.07) is 2.94. The van der Waals surface area contributed by atoms with Crippen LogP contribution in [0.5, 0.6) is 5.75 Å². The van der Waals surface area contributed by atoms with Gasteiger partial charge in [0.25, 0.3) is 0 Å². The maximum Gasteiger partial charge on any atom is 0.475 e. The first-order valence-corrected chi connectivity index (χ1v) is 6.97. The molecule has 0 aliphatic carbocycles. The molecule has 0 fully saturated rings. The Morgan fingerprint density at radius 2 is 1.79 bits per heavy atom. The highest BCUT2D eigenvalue weighted by Gasteiger charge is 2.40. The van der Waals surface area contributed by atoms with Crippen LogP contribution in [0, 0.1) is 0 Å². The van der Waals surface area contributed by atoms with Gasteiger partial charge in [-0.1, -0.05) is 0 Å². The van der Waals surface area contributed by atoms with E-state index in [1.54, 1.807) is 6.07 Å². The van der Waals surface area contributed by atoms with Crippen molar-refractivity contribution in [3.8, 4) is 5.75 Å². The van der Waals surface area contributed by atoms with Crippen molar-refractivity contribution >= 4 is 10.8 Å². The Morgan fingerprint density at radius 3 is 2.32 bits per heavy atom. The Morgan fingerprint density at radius 1 is 1.21 bits per heavy atom. The number of fused-ring (bicyclic) bond motifs is 1. The van der Waals surface area contributed by atoms with E-state index >= 15 is 0 Å². The minimum absolute atomic E-state index is 0.0382. The van der Waals surface area contributed by atoms with E-state index in [2.05, 4.69) is 5.32 Å². The molecule has 1 heterocycles. The third kappa shape index (κ3) is 3.09. The number of hydrogen-bond acceptors (Lipinski definition) is 3. The fraction of sp³-hybridized carbons (Fsp3) is 0.500. The Hall–Kier alpha value is -1.08. The topological polar surface area (TPSA) is 38.3 Å². The van der Waals surface area contributed by atoms with Crippen molar-refractivity contribution in [3.05, 3.63) is 23.3 Å². The maximum atomic E-state index is 12.6. The number of alkyl halides is 3. The smallest absolute Gasteiger partial charge is 0.475 e. The van der Waals surface area contributed by atoms with E-state index in [9.17, 15) is 17.4 Å². The predicted octanol–water partition coefficient (Wildman–Crippen LogP) is 2.01. The molecule has 2 rings (SSSR count). The summed E-state index contributed by atoms with van der Waals surface area (Å²) in [5, 5.41) is 3.17. The zero-order valence-electron chi connectivity index (χ0n) is 10.3. The minimum Gasteiger partial charge on any atom is -0.495 e. The second kappa shape index (κ2) is 5.50. The highest BCUT2D eigenvalue weighted by Crippen LogP contribution is 2.34. The van der Waals surface area contributed by atoms with E-state index in [1.807, 2.05) is 0 Å². The monoisotopic (exact) mass is 293 g/mol. The lowest BCUT2D eigenvalue weighted by Gasteiger charge is -2.14. The summed E-state index contributed by atoms with van der Waals surface area (Å²) in [6.07, 6.45) is 1.35. The molecule has 0 saturated carbocycles. The van der Waals surface area contributed by atoms with Crippen LogP contribution in [0.25, 0.3) is 0 Å². The number of rotatable bonds is 2. The SMILES string of the molecule is COc1cc2c(cc1S(=O)C(F)(F)F)CCNCC2. The molecule has 1 aliphatic rings. The molecule has 1 N–H and O–H groups in total. The summed E-state index contributed by atoms with van der Waals surface area (Å²) in [6.45, 7) is 1.48. The third-order valence-corrected chi connectivity index (χ3v) is 4.18. The van der Waals surface area contributed by atoms with Gasteiger partial charge in [-0.25, -0.2) is 4.21 Å². The van der Waals surface area contributed by atoms with Gasteiger partial charge in [0.2, 0.25) is 0 Å². The first kappa shape index (κ1) is 14.3. The Kier molecular flexibility index (Phi) is 4.15. The normalized spacial score (nSPS) is 17.5. The van der Waals surface area contributed by atoms with E-state index in [0.717, 1.165) is 24.1 Å². The van der Waals surface area contributed by atoms with Crippen molar-refractivity contribution in [2.75, 3.05) is 20.2 Å². The van der Waals surface area contributed by atoms with Crippen LogP contribution in [0.1, 0.15) is 11.1 Å². The molecule has 1 atom stereocenters. The van der Waals surface area contributed by atoms with E-state index in [1.165, 1.54) is 13.2 Å². The average molecular weight is 293 g/mol. The minimum atomic E-state index is -4.77. The summed E-state index contributed by atoms with van der Waals surface area (Å²) in [4.78, 5) is -0.296. The van der Waals surface area contributed by atoms with Crippen molar-refractivity contribution in [1.29, 1.82) is 0 Å². The molecule has 0 amide bonds. The van der Waals surface area contributed by atoms with Gasteiger partial charge >= 0.3 is 5.51 Å². The maximum absolute atomic E-state index is 12.6. The molecule has 1 aromatic carbocycles. The van der Waals surface area contributed by atoms with Gasteiger partial charge in [0.1, 0.15) is 5.75 Å². The highest BCUT2D eigenvalue weighted by atomic mass is 32.2. The number of benzene rings is 1. The van der Waals surface area contributed by atoms with E-state index in [4.69, 9.17) is 4.74 Å². The third-order valence-electron chi connectivity index (χ3n) is 3.04. The number of hydrogen-bond donors (Lipinski definition) is 1. The lowest BCUT2D eigenvalue weighted by Crippen LogP contribution is -2.17. The molecule has 0 spiro atoms. The van der Waals surface area contributed by atoms with Gasteiger partial charge in [0.15, 0.2) is 10.8 Å². The summed E-state index contributed by atoms with van der Waals surface area (Å²) < 4.78 is 54.2. The Balaban J connectivity index is 2.49. The summed E-state index contributed by atoms with van der Waals surface area (Å²) in [7, 11) is -1.78. The van der Waals surface area contributed by atoms with Crippen molar-refractivity contribution < 1.29 is 22.1 Å². The Bertz CT molecular complexity index is 502. The highest BCUT2D eigenvalue weighted by molar-refractivity contribution is 7.86. The molecule has 7 heteroatoms. The predicted molar refractivity (Wildman–Crippen MR) is 65.7 cm³/mol. The van der Waals surface area contributed by atoms with Gasteiger partial charge in [-0.15, -0.1) is 0 Å². The molecule has 1 unspecified atom stereocenters. The molecular formula is C12H14F3NO2S. The quantitative estimate of drug-likeness (QED) is 0.906. The van der Waals surface area contributed by atoms with Crippen LogP contribution < -0.4 is 10.1 Å². The second-order valence-corrected chi connectivity index (χ2v) is 5.68. The van der Waals surface area contributed by atoms with Crippen LogP contribution >= 0.6 is 0 Å². The standard InChI is InChI=1S/C12H14F3NO2S/c1-18-10-6-8-2-4-16-5-3-9(8)7-11(10)19(17)12(13,14)15/h6-7,16H,2-5H2,1H3. The molecule has 1 aromatic rings. The fourth-order valence-corrected chi connectivity index (χ4v) is 2.93. The van der Waals surface area contributed by atoms with E-state index in [0.29, 0.717) is 13.0 Å². The van der Waals surface area contributed by atoms with Crippen LogP contribution in [0.15, 0.2) is 17.0 Å².